The normalized spacial score (nSPS) is 15.4. The molecule has 0 aromatic heterocycles. The Kier molecular flexibility index (Phi) is 13.0. The number of guanidine groups is 1. The van der Waals surface area contributed by atoms with Crippen molar-refractivity contribution in [3.8, 4) is 0 Å². The highest BCUT2D eigenvalue weighted by molar-refractivity contribution is 14.0. The second-order valence-electron chi connectivity index (χ2n) is 7.90. The first-order valence-electron chi connectivity index (χ1n) is 11.0. The van der Waals surface area contributed by atoms with E-state index in [0.29, 0.717) is 5.41 Å². The molecule has 1 aromatic rings. The Balaban J connectivity index is 0.00000450. The highest BCUT2D eigenvalue weighted by Crippen LogP contribution is 2.41. The predicted octanol–water partition coefficient (Wildman–Crippen LogP) is 4.35. The smallest absolute Gasteiger partial charge is 0.221 e. The van der Waals surface area contributed by atoms with Crippen molar-refractivity contribution in [2.45, 2.75) is 59.3 Å². The summed E-state index contributed by atoms with van der Waals surface area (Å²) in [7, 11) is 0. The quantitative estimate of drug-likeness (QED) is 0.172. The molecule has 0 unspecified atom stereocenters. The average Bonchev–Trinajstić information content (AvgIpc) is 3.16. The van der Waals surface area contributed by atoms with Crippen LogP contribution in [0.1, 0.15) is 58.4 Å². The van der Waals surface area contributed by atoms with E-state index < -0.39 is 0 Å². The molecular formula is C23H39IN4O2. The van der Waals surface area contributed by atoms with Crippen molar-refractivity contribution in [1.82, 2.24) is 10.6 Å². The van der Waals surface area contributed by atoms with Gasteiger partial charge in [-0.25, -0.2) is 0 Å². The number of hydrogen-bond donors (Lipinski definition) is 3. The number of benzene rings is 1. The molecule has 0 saturated heterocycles. The number of hydrogen-bond acceptors (Lipinski definition) is 3. The van der Waals surface area contributed by atoms with Gasteiger partial charge in [0.1, 0.15) is 0 Å². The maximum Gasteiger partial charge on any atom is 0.221 e. The van der Waals surface area contributed by atoms with Crippen LogP contribution in [0, 0.1) is 5.41 Å². The van der Waals surface area contributed by atoms with E-state index in [1.165, 1.54) is 38.2 Å². The maximum absolute atomic E-state index is 11.1. The molecule has 6 nitrogen and oxygen atoms in total. The number of halogens is 1. The summed E-state index contributed by atoms with van der Waals surface area (Å²) in [6.45, 7) is 9.82. The van der Waals surface area contributed by atoms with Gasteiger partial charge in [-0.05, 0) is 62.6 Å². The third kappa shape index (κ3) is 9.64. The first-order valence-corrected chi connectivity index (χ1v) is 11.0. The van der Waals surface area contributed by atoms with Crippen LogP contribution in [-0.4, -0.2) is 44.7 Å². The van der Waals surface area contributed by atoms with Crippen molar-refractivity contribution < 1.29 is 9.53 Å². The van der Waals surface area contributed by atoms with Gasteiger partial charge >= 0.3 is 0 Å². The first-order chi connectivity index (χ1) is 14.1. The lowest BCUT2D eigenvalue weighted by molar-refractivity contribution is -0.114. The molecule has 1 aromatic carbocycles. The fourth-order valence-corrected chi connectivity index (χ4v) is 3.92. The van der Waals surface area contributed by atoms with Gasteiger partial charge in [-0.3, -0.25) is 9.79 Å². The minimum absolute atomic E-state index is 0. The number of rotatable bonds is 11. The topological polar surface area (TPSA) is 74.8 Å². The van der Waals surface area contributed by atoms with Crippen LogP contribution in [0.4, 0.5) is 5.69 Å². The summed E-state index contributed by atoms with van der Waals surface area (Å²) >= 11 is 0. The molecule has 1 saturated carbocycles. The van der Waals surface area contributed by atoms with Gasteiger partial charge in [0, 0.05) is 45.5 Å². The van der Waals surface area contributed by atoms with Crippen molar-refractivity contribution in [1.29, 1.82) is 0 Å². The van der Waals surface area contributed by atoms with Crippen molar-refractivity contribution in [2.75, 3.05) is 38.2 Å². The standard InChI is InChI=1S/C23H38N4O2.HI/c1-4-24-22(26-18-23(13-6-7-14-23)15-17-29-5-2)25-16-12-20-8-10-21(11-9-20)27-19(3)28;/h8-11H,4-7,12-18H2,1-3H3,(H,27,28)(H2,24,25,26);1H. The lowest BCUT2D eigenvalue weighted by Gasteiger charge is -2.27. The van der Waals surface area contributed by atoms with Gasteiger partial charge in [0.05, 0.1) is 0 Å². The molecule has 1 aliphatic carbocycles. The van der Waals surface area contributed by atoms with Crippen molar-refractivity contribution in [3.63, 3.8) is 0 Å². The predicted molar refractivity (Wildman–Crippen MR) is 136 cm³/mol. The van der Waals surface area contributed by atoms with E-state index in [-0.39, 0.29) is 29.9 Å². The van der Waals surface area contributed by atoms with Crippen LogP contribution in [0.15, 0.2) is 29.3 Å². The Labute approximate surface area is 199 Å². The second kappa shape index (κ2) is 14.6. The van der Waals surface area contributed by atoms with E-state index in [2.05, 4.69) is 41.9 Å². The van der Waals surface area contributed by atoms with Crippen molar-refractivity contribution in [2.24, 2.45) is 10.4 Å². The van der Waals surface area contributed by atoms with Crippen LogP contribution in [-0.2, 0) is 16.0 Å². The number of carbonyl (C=O) groups is 1. The molecule has 0 spiro atoms. The monoisotopic (exact) mass is 530 g/mol. The van der Waals surface area contributed by atoms with Crippen LogP contribution in [0.2, 0.25) is 0 Å². The zero-order chi connectivity index (χ0) is 21.0. The summed E-state index contributed by atoms with van der Waals surface area (Å²) in [5.74, 6) is 0.845. The molecule has 0 radical (unpaired) electrons. The van der Waals surface area contributed by atoms with Gasteiger partial charge in [-0.15, -0.1) is 24.0 Å². The van der Waals surface area contributed by atoms with Crippen LogP contribution in [0.5, 0.6) is 0 Å². The Morgan fingerprint density at radius 1 is 1.13 bits per heavy atom. The Bertz CT molecular complexity index is 643. The summed E-state index contributed by atoms with van der Waals surface area (Å²) in [4.78, 5) is 16.0. The molecular weight excluding hydrogens is 491 g/mol. The second-order valence-corrected chi connectivity index (χ2v) is 7.90. The molecule has 0 atom stereocenters. The molecule has 1 fully saturated rings. The molecule has 1 amide bonds. The minimum Gasteiger partial charge on any atom is -0.382 e. The summed E-state index contributed by atoms with van der Waals surface area (Å²) < 4.78 is 5.62. The summed E-state index contributed by atoms with van der Waals surface area (Å²) in [6.07, 6.45) is 7.12. The first kappa shape index (κ1) is 26.7. The van der Waals surface area contributed by atoms with Gasteiger partial charge in [-0.2, -0.15) is 0 Å². The number of carbonyl (C=O) groups excluding carboxylic acids is 1. The lowest BCUT2D eigenvalue weighted by atomic mass is 9.83. The van der Waals surface area contributed by atoms with E-state index in [0.717, 1.165) is 57.3 Å². The molecule has 1 aliphatic rings. The van der Waals surface area contributed by atoms with Crippen LogP contribution in [0.3, 0.4) is 0 Å². The van der Waals surface area contributed by atoms with Crippen molar-refractivity contribution in [3.05, 3.63) is 29.8 Å². The molecule has 7 heteroatoms. The van der Waals surface area contributed by atoms with E-state index in [1.807, 2.05) is 12.1 Å². The molecule has 0 bridgehead atoms. The highest BCUT2D eigenvalue weighted by atomic mass is 127. The third-order valence-corrected chi connectivity index (χ3v) is 5.54. The molecule has 0 aliphatic heterocycles. The van der Waals surface area contributed by atoms with Gasteiger partial charge in [0.2, 0.25) is 5.91 Å². The molecule has 2 rings (SSSR count). The largest absolute Gasteiger partial charge is 0.382 e. The third-order valence-electron chi connectivity index (χ3n) is 5.54. The molecule has 170 valence electrons. The van der Waals surface area contributed by atoms with E-state index in [9.17, 15) is 4.79 Å². The highest BCUT2D eigenvalue weighted by Gasteiger charge is 2.33. The number of amides is 1. The van der Waals surface area contributed by atoms with Crippen LogP contribution >= 0.6 is 24.0 Å². The van der Waals surface area contributed by atoms with E-state index in [1.54, 1.807) is 0 Å². The number of nitrogens with one attached hydrogen (secondary N) is 3. The maximum atomic E-state index is 11.1. The molecule has 0 heterocycles. The minimum atomic E-state index is -0.0489. The SMILES string of the molecule is CCNC(=NCC1(CCOCC)CCCC1)NCCc1ccc(NC(C)=O)cc1.I. The lowest BCUT2D eigenvalue weighted by Crippen LogP contribution is -2.39. The van der Waals surface area contributed by atoms with Crippen LogP contribution < -0.4 is 16.0 Å². The van der Waals surface area contributed by atoms with E-state index in [4.69, 9.17) is 9.73 Å². The average molecular weight is 530 g/mol. The van der Waals surface area contributed by atoms with Gasteiger partial charge < -0.3 is 20.7 Å². The number of aliphatic imine (C=N–C) groups is 1. The van der Waals surface area contributed by atoms with Gasteiger partial charge in [0.25, 0.3) is 0 Å². The summed E-state index contributed by atoms with van der Waals surface area (Å²) in [5, 5.41) is 9.63. The van der Waals surface area contributed by atoms with E-state index >= 15 is 0 Å². The van der Waals surface area contributed by atoms with Gasteiger partial charge in [-0.1, -0.05) is 25.0 Å². The zero-order valence-electron chi connectivity index (χ0n) is 18.8. The summed E-state index contributed by atoms with van der Waals surface area (Å²) in [6, 6.07) is 7.99. The fourth-order valence-electron chi connectivity index (χ4n) is 3.92. The van der Waals surface area contributed by atoms with Crippen molar-refractivity contribution >= 4 is 41.5 Å². The Hall–Kier alpha value is -1.35. The Morgan fingerprint density at radius 2 is 1.83 bits per heavy atom. The molecule has 30 heavy (non-hydrogen) atoms. The molecule has 3 N–H and O–H groups in total. The Morgan fingerprint density at radius 3 is 2.43 bits per heavy atom. The number of ether oxygens (including phenoxy) is 1. The fraction of sp³-hybridized carbons (Fsp3) is 0.652. The number of anilines is 1. The van der Waals surface area contributed by atoms with Crippen LogP contribution in [0.25, 0.3) is 0 Å². The summed E-state index contributed by atoms with van der Waals surface area (Å²) in [5.41, 5.74) is 2.36. The number of nitrogens with zero attached hydrogens (tertiary/aromatic N) is 1. The zero-order valence-corrected chi connectivity index (χ0v) is 21.1. The van der Waals surface area contributed by atoms with Gasteiger partial charge in [0.15, 0.2) is 5.96 Å².